The summed E-state index contributed by atoms with van der Waals surface area (Å²) in [5, 5.41) is 7.18. The first-order valence-corrected chi connectivity index (χ1v) is 20.3. The van der Waals surface area contributed by atoms with Crippen LogP contribution in [-0.2, 0) is 9.47 Å². The van der Waals surface area contributed by atoms with Gasteiger partial charge in [0.05, 0.1) is 25.4 Å². The molecule has 6 fully saturated rings. The highest BCUT2D eigenvalue weighted by Gasteiger charge is 2.61. The Morgan fingerprint density at radius 3 is 2.10 bits per heavy atom. The third-order valence-electron chi connectivity index (χ3n) is 14.0. The van der Waals surface area contributed by atoms with Crippen LogP contribution in [0.25, 0.3) is 0 Å². The molecule has 4 heteroatoms. The zero-order chi connectivity index (χ0) is 34.1. The topological polar surface area (TPSA) is 42.5 Å². The minimum absolute atomic E-state index is 0.286. The molecule has 0 radical (unpaired) electrons. The maximum atomic E-state index is 6.65. The second-order valence-corrected chi connectivity index (χ2v) is 18.0. The van der Waals surface area contributed by atoms with Crippen molar-refractivity contribution in [3.8, 4) is 0 Å². The SMILES string of the molecule is CC(C)=CCCC=CCNCCOC1CC2C(CC(C)=CCCC(C)=CCNCCOC3C4CC5CC(C4)CC3C5)CCC1(C)C2(C)C. The lowest BCUT2D eigenvalue weighted by Crippen LogP contribution is -2.49. The van der Waals surface area contributed by atoms with Crippen molar-refractivity contribution in [3.05, 3.63) is 47.1 Å². The predicted octanol–water partition coefficient (Wildman–Crippen LogP) is 10.2. The molecule has 6 rings (SSSR count). The second-order valence-electron chi connectivity index (χ2n) is 18.0. The lowest BCUT2D eigenvalue weighted by atomic mass is 9.55. The molecule has 48 heavy (non-hydrogen) atoms. The van der Waals surface area contributed by atoms with Crippen LogP contribution in [-0.4, -0.2) is 51.6 Å². The zero-order valence-corrected chi connectivity index (χ0v) is 32.3. The molecule has 0 spiro atoms. The fourth-order valence-corrected chi connectivity index (χ4v) is 11.1. The summed E-state index contributed by atoms with van der Waals surface area (Å²) < 4.78 is 13.1. The number of fused-ring (bicyclic) bond motifs is 2. The van der Waals surface area contributed by atoms with Crippen molar-refractivity contribution in [2.24, 2.45) is 46.3 Å². The molecule has 0 aromatic rings. The van der Waals surface area contributed by atoms with Crippen LogP contribution in [0.15, 0.2) is 47.1 Å². The van der Waals surface area contributed by atoms with Gasteiger partial charge in [-0.2, -0.15) is 0 Å². The van der Waals surface area contributed by atoms with E-state index in [1.807, 2.05) is 0 Å². The van der Waals surface area contributed by atoms with Crippen LogP contribution in [0.4, 0.5) is 0 Å². The molecule has 4 unspecified atom stereocenters. The molecule has 0 aliphatic heterocycles. The molecule has 0 amide bonds. The average Bonchev–Trinajstić information content (AvgIpc) is 3.12. The monoisotopic (exact) mass is 663 g/mol. The number of allylic oxidation sites excluding steroid dienone is 6. The van der Waals surface area contributed by atoms with Gasteiger partial charge >= 0.3 is 0 Å². The molecule has 0 saturated heterocycles. The average molecular weight is 663 g/mol. The van der Waals surface area contributed by atoms with Crippen molar-refractivity contribution in [2.75, 3.05) is 39.4 Å². The Kier molecular flexibility index (Phi) is 14.1. The minimum Gasteiger partial charge on any atom is -0.376 e. The van der Waals surface area contributed by atoms with Crippen LogP contribution in [0.3, 0.4) is 0 Å². The van der Waals surface area contributed by atoms with Crippen molar-refractivity contribution in [1.82, 2.24) is 10.6 Å². The molecule has 0 aromatic heterocycles. The van der Waals surface area contributed by atoms with Gasteiger partial charge in [0.1, 0.15) is 0 Å². The molecule has 272 valence electrons. The van der Waals surface area contributed by atoms with E-state index in [9.17, 15) is 0 Å². The summed E-state index contributed by atoms with van der Waals surface area (Å²) in [5.74, 6) is 5.33. The lowest BCUT2D eigenvalue weighted by molar-refractivity contribution is -0.125. The summed E-state index contributed by atoms with van der Waals surface area (Å²) in [6, 6.07) is 0. The molecule has 2 N–H and O–H groups in total. The van der Waals surface area contributed by atoms with Gasteiger partial charge in [0.15, 0.2) is 0 Å². The van der Waals surface area contributed by atoms with Gasteiger partial charge in [-0.25, -0.2) is 0 Å². The fourth-order valence-electron chi connectivity index (χ4n) is 11.1. The van der Waals surface area contributed by atoms with Crippen LogP contribution in [0.5, 0.6) is 0 Å². The second kappa shape index (κ2) is 17.8. The largest absolute Gasteiger partial charge is 0.376 e. The van der Waals surface area contributed by atoms with Crippen molar-refractivity contribution in [2.45, 2.75) is 144 Å². The summed E-state index contributed by atoms with van der Waals surface area (Å²) in [5.41, 5.74) is 5.12. The Balaban J connectivity index is 0.945. The molecule has 6 aliphatic rings. The molecular formula is C44H74N2O2. The lowest BCUT2D eigenvalue weighted by Gasteiger charge is -2.54. The van der Waals surface area contributed by atoms with Crippen LogP contribution < -0.4 is 10.6 Å². The van der Waals surface area contributed by atoms with E-state index in [4.69, 9.17) is 9.47 Å². The summed E-state index contributed by atoms with van der Waals surface area (Å²) in [4.78, 5) is 0. The van der Waals surface area contributed by atoms with Crippen LogP contribution >= 0.6 is 0 Å². The molecule has 4 atom stereocenters. The Morgan fingerprint density at radius 1 is 0.708 bits per heavy atom. The maximum Gasteiger partial charge on any atom is 0.0637 e. The van der Waals surface area contributed by atoms with Gasteiger partial charge in [0, 0.05) is 26.2 Å². The Morgan fingerprint density at radius 2 is 1.40 bits per heavy atom. The first-order chi connectivity index (χ1) is 23.1. The van der Waals surface area contributed by atoms with Gasteiger partial charge in [-0.1, -0.05) is 67.9 Å². The number of unbranched alkanes of at least 4 members (excludes halogenated alkanes) is 1. The van der Waals surface area contributed by atoms with Crippen molar-refractivity contribution in [3.63, 3.8) is 0 Å². The number of rotatable bonds is 20. The van der Waals surface area contributed by atoms with Crippen LogP contribution in [0.2, 0.25) is 0 Å². The molecule has 6 bridgehead atoms. The van der Waals surface area contributed by atoms with Gasteiger partial charge in [0.2, 0.25) is 0 Å². The highest BCUT2D eigenvalue weighted by atomic mass is 16.5. The number of hydrogen-bond donors (Lipinski definition) is 2. The Hall–Kier alpha value is -1.20. The summed E-state index contributed by atoms with van der Waals surface area (Å²) in [6.07, 6.45) is 29.8. The van der Waals surface area contributed by atoms with E-state index in [1.54, 1.807) is 5.57 Å². The van der Waals surface area contributed by atoms with E-state index >= 15 is 0 Å². The Bertz CT molecular complexity index is 1100. The quantitative estimate of drug-likeness (QED) is 0.101. The highest BCUT2D eigenvalue weighted by Crippen LogP contribution is 2.66. The predicted molar refractivity (Wildman–Crippen MR) is 204 cm³/mol. The molecule has 4 nitrogen and oxygen atoms in total. The molecule has 0 heterocycles. The van der Waals surface area contributed by atoms with Crippen molar-refractivity contribution in [1.29, 1.82) is 0 Å². The van der Waals surface area contributed by atoms with E-state index in [0.29, 0.717) is 17.6 Å². The molecule has 6 aliphatic carbocycles. The summed E-state index contributed by atoms with van der Waals surface area (Å²) in [7, 11) is 0. The molecule has 6 saturated carbocycles. The standard InChI is InChI=1S/C44H74N2O2/c1-32(2)13-10-8-9-11-19-45-21-23-47-41-31-40-37(16-18-44(41,7)43(40,5)6)25-34(4)15-12-14-33(3)17-20-46-22-24-48-42-38-27-35-26-36(29-38)30-39(42)28-35/h9,11,13,15,17,35-42,45-46H,8,10,12,14,16,18-31H2,1-7H3. The third-order valence-corrected chi connectivity index (χ3v) is 14.0. The van der Waals surface area contributed by atoms with Gasteiger partial charge in [-0.15, -0.1) is 0 Å². The van der Waals surface area contributed by atoms with Crippen LogP contribution in [0.1, 0.15) is 132 Å². The fraction of sp³-hybridized carbons (Fsp3) is 0.818. The Labute approximate surface area is 296 Å². The summed E-state index contributed by atoms with van der Waals surface area (Å²) >= 11 is 0. The van der Waals surface area contributed by atoms with Crippen LogP contribution in [0, 0.1) is 46.3 Å². The number of nitrogens with one attached hydrogen (secondary N) is 2. The maximum absolute atomic E-state index is 6.65. The van der Waals surface area contributed by atoms with Gasteiger partial charge in [-0.05, 0) is 158 Å². The van der Waals surface area contributed by atoms with E-state index in [-0.39, 0.29) is 5.41 Å². The van der Waals surface area contributed by atoms with E-state index in [1.165, 1.54) is 68.9 Å². The zero-order valence-electron chi connectivity index (χ0n) is 32.3. The minimum atomic E-state index is 0.286. The smallest absolute Gasteiger partial charge is 0.0637 e. The first kappa shape index (κ1) is 38.0. The van der Waals surface area contributed by atoms with Crippen molar-refractivity contribution < 1.29 is 9.47 Å². The van der Waals surface area contributed by atoms with Gasteiger partial charge in [-0.3, -0.25) is 0 Å². The number of ether oxygens (including phenoxy) is 2. The summed E-state index contributed by atoms with van der Waals surface area (Å²) in [6.45, 7) is 22.1. The third kappa shape index (κ3) is 9.77. The molecular weight excluding hydrogens is 588 g/mol. The number of hydrogen-bond acceptors (Lipinski definition) is 4. The van der Waals surface area contributed by atoms with Gasteiger partial charge < -0.3 is 20.1 Å². The van der Waals surface area contributed by atoms with E-state index in [2.05, 4.69) is 89.5 Å². The van der Waals surface area contributed by atoms with Gasteiger partial charge in [0.25, 0.3) is 0 Å². The molecule has 0 aromatic carbocycles. The normalized spacial score (nSPS) is 35.6. The highest BCUT2D eigenvalue weighted by molar-refractivity contribution is 5.14. The van der Waals surface area contributed by atoms with Crippen molar-refractivity contribution >= 4 is 0 Å². The van der Waals surface area contributed by atoms with E-state index < -0.39 is 0 Å². The van der Waals surface area contributed by atoms with E-state index in [0.717, 1.165) is 101 Å². The first-order valence-electron chi connectivity index (χ1n) is 20.3.